The second kappa shape index (κ2) is 5.94. The summed E-state index contributed by atoms with van der Waals surface area (Å²) >= 11 is 11.9. The largest absolute Gasteiger partial charge is 0.493 e. The number of carbonyl (C=O) groups is 1. The number of hydrogen-bond donors (Lipinski definition) is 3. The van der Waals surface area contributed by atoms with Crippen molar-refractivity contribution >= 4 is 35.1 Å². The zero-order chi connectivity index (χ0) is 14.7. The van der Waals surface area contributed by atoms with Crippen LogP contribution in [0.25, 0.3) is 0 Å². The highest BCUT2D eigenvalue weighted by Crippen LogP contribution is 2.21. The molecule has 0 aliphatic rings. The first-order valence-electron chi connectivity index (χ1n) is 5.44. The normalized spacial score (nSPS) is 10.3. The molecule has 20 heavy (non-hydrogen) atoms. The highest BCUT2D eigenvalue weighted by Gasteiger charge is 2.12. The molecule has 0 saturated heterocycles. The van der Waals surface area contributed by atoms with Gasteiger partial charge in [-0.3, -0.25) is 0 Å². The van der Waals surface area contributed by atoms with Crippen LogP contribution in [0.1, 0.15) is 15.9 Å². The number of halogens is 2. The number of nitrogens with one attached hydrogen (secondary N) is 1. The van der Waals surface area contributed by atoms with Crippen molar-refractivity contribution in [3.05, 3.63) is 45.6 Å². The fraction of sp³-hybridized carbons (Fsp3) is 0.0833. The minimum Gasteiger partial charge on any atom is -0.493 e. The summed E-state index contributed by atoms with van der Waals surface area (Å²) < 4.78 is 0. The van der Waals surface area contributed by atoms with E-state index < -0.39 is 11.8 Å². The lowest BCUT2D eigenvalue weighted by atomic mass is 10.2. The average molecular weight is 314 g/mol. The van der Waals surface area contributed by atoms with E-state index in [0.29, 0.717) is 10.0 Å². The molecule has 0 fully saturated rings. The number of rotatable bonds is 4. The van der Waals surface area contributed by atoms with Crippen LogP contribution in [0, 0.1) is 0 Å². The van der Waals surface area contributed by atoms with Crippen molar-refractivity contribution in [3.63, 3.8) is 0 Å². The third-order valence-electron chi connectivity index (χ3n) is 2.44. The molecule has 1 aromatic carbocycles. The Balaban J connectivity index is 2.13. The molecule has 0 aliphatic heterocycles. The van der Waals surface area contributed by atoms with Crippen molar-refractivity contribution in [3.8, 4) is 5.88 Å². The van der Waals surface area contributed by atoms with Gasteiger partial charge in [0.05, 0.1) is 6.20 Å². The molecule has 1 heterocycles. The van der Waals surface area contributed by atoms with E-state index in [0.717, 1.165) is 11.8 Å². The molecule has 0 radical (unpaired) electrons. The molecule has 3 N–H and O–H groups in total. The highest BCUT2D eigenvalue weighted by atomic mass is 35.5. The molecule has 0 atom stereocenters. The van der Waals surface area contributed by atoms with Gasteiger partial charge in [-0.25, -0.2) is 9.78 Å². The van der Waals surface area contributed by atoms with Crippen molar-refractivity contribution < 1.29 is 15.0 Å². The van der Waals surface area contributed by atoms with Gasteiger partial charge in [0.15, 0.2) is 0 Å². The van der Waals surface area contributed by atoms with Crippen molar-refractivity contribution in [2.45, 2.75) is 6.54 Å². The van der Waals surface area contributed by atoms with E-state index >= 15 is 0 Å². The Morgan fingerprint density at radius 1 is 1.35 bits per heavy atom. The van der Waals surface area contributed by atoms with Gasteiger partial charge in [0.2, 0.25) is 11.8 Å². The quantitative estimate of drug-likeness (QED) is 0.803. The van der Waals surface area contributed by atoms with Crippen LogP contribution < -0.4 is 5.32 Å². The summed E-state index contributed by atoms with van der Waals surface area (Å²) in [5.74, 6) is -1.82. The summed E-state index contributed by atoms with van der Waals surface area (Å²) in [6.07, 6.45) is 1.02. The molecule has 0 spiro atoms. The molecule has 8 heteroatoms. The molecule has 1 aromatic heterocycles. The number of nitrogens with zero attached hydrogens (tertiary/aromatic N) is 2. The molecule has 0 unspecified atom stereocenters. The zero-order valence-electron chi connectivity index (χ0n) is 9.97. The lowest BCUT2D eigenvalue weighted by molar-refractivity contribution is 0.0692. The molecule has 104 valence electrons. The number of carboxylic acid groups (broad SMARTS) is 1. The SMILES string of the molecule is O=C(O)c1cnc(NCc2cc(Cl)ccc2Cl)nc1O. The topological polar surface area (TPSA) is 95.3 Å². The number of aromatic nitrogens is 2. The van der Waals surface area contributed by atoms with Gasteiger partial charge in [0.25, 0.3) is 0 Å². The van der Waals surface area contributed by atoms with E-state index in [1.165, 1.54) is 0 Å². The van der Waals surface area contributed by atoms with Gasteiger partial charge < -0.3 is 15.5 Å². The maximum Gasteiger partial charge on any atom is 0.342 e. The van der Waals surface area contributed by atoms with Crippen LogP contribution in [0.15, 0.2) is 24.4 Å². The van der Waals surface area contributed by atoms with Crippen LogP contribution in [-0.2, 0) is 6.54 Å². The Bertz CT molecular complexity index is 664. The van der Waals surface area contributed by atoms with Crippen molar-refractivity contribution in [2.24, 2.45) is 0 Å². The van der Waals surface area contributed by atoms with Crippen molar-refractivity contribution in [2.75, 3.05) is 5.32 Å². The Kier molecular flexibility index (Phi) is 4.26. The second-order valence-corrected chi connectivity index (χ2v) is 4.67. The predicted molar refractivity (Wildman–Crippen MR) is 74.4 cm³/mol. The summed E-state index contributed by atoms with van der Waals surface area (Å²) in [5.41, 5.74) is 0.362. The van der Waals surface area contributed by atoms with Crippen LogP contribution in [0.4, 0.5) is 5.95 Å². The lowest BCUT2D eigenvalue weighted by Gasteiger charge is -2.08. The molecule has 0 bridgehead atoms. The summed E-state index contributed by atoms with van der Waals surface area (Å²) in [4.78, 5) is 18.1. The fourth-order valence-electron chi connectivity index (χ4n) is 1.46. The van der Waals surface area contributed by atoms with Crippen molar-refractivity contribution in [1.29, 1.82) is 0 Å². The Labute approximate surface area is 124 Å². The molecule has 0 amide bonds. The van der Waals surface area contributed by atoms with Crippen LogP contribution in [0.5, 0.6) is 5.88 Å². The van der Waals surface area contributed by atoms with Gasteiger partial charge >= 0.3 is 5.97 Å². The lowest BCUT2D eigenvalue weighted by Crippen LogP contribution is -2.06. The maximum absolute atomic E-state index is 10.7. The third kappa shape index (κ3) is 3.28. The molecular weight excluding hydrogens is 305 g/mol. The zero-order valence-corrected chi connectivity index (χ0v) is 11.5. The fourth-order valence-corrected chi connectivity index (χ4v) is 1.84. The standard InChI is InChI=1S/C12H9Cl2N3O3/c13-7-1-2-9(14)6(3-7)4-15-12-16-5-8(11(19)20)10(18)17-12/h1-3,5H,4H2,(H,19,20)(H2,15,16,17,18). The second-order valence-electron chi connectivity index (χ2n) is 3.83. The Hall–Kier alpha value is -2.05. The molecule has 2 rings (SSSR count). The van der Waals surface area contributed by atoms with E-state index in [1.807, 2.05) is 0 Å². The molecule has 6 nitrogen and oxygen atoms in total. The molecule has 2 aromatic rings. The van der Waals surface area contributed by atoms with E-state index in [1.54, 1.807) is 18.2 Å². The monoisotopic (exact) mass is 313 g/mol. The maximum atomic E-state index is 10.7. The molecule has 0 aliphatic carbocycles. The number of anilines is 1. The first-order chi connectivity index (χ1) is 9.47. The predicted octanol–water partition coefficient (Wildman–Crippen LogP) is 2.80. The van der Waals surface area contributed by atoms with Crippen LogP contribution in [-0.4, -0.2) is 26.2 Å². The van der Waals surface area contributed by atoms with Gasteiger partial charge in [-0.15, -0.1) is 0 Å². The Morgan fingerprint density at radius 2 is 2.10 bits per heavy atom. The summed E-state index contributed by atoms with van der Waals surface area (Å²) in [6.45, 7) is 0.283. The molecular formula is C12H9Cl2N3O3. The minimum atomic E-state index is -1.30. The van der Waals surface area contributed by atoms with Gasteiger partial charge in [-0.2, -0.15) is 4.98 Å². The van der Waals surface area contributed by atoms with Gasteiger partial charge in [-0.05, 0) is 23.8 Å². The number of benzene rings is 1. The van der Waals surface area contributed by atoms with E-state index in [2.05, 4.69) is 15.3 Å². The van der Waals surface area contributed by atoms with Crippen LogP contribution in [0.2, 0.25) is 10.0 Å². The van der Waals surface area contributed by atoms with Gasteiger partial charge in [-0.1, -0.05) is 23.2 Å². The van der Waals surface area contributed by atoms with E-state index in [9.17, 15) is 9.90 Å². The molecule has 0 saturated carbocycles. The van der Waals surface area contributed by atoms with E-state index in [-0.39, 0.29) is 18.1 Å². The Morgan fingerprint density at radius 3 is 2.75 bits per heavy atom. The van der Waals surface area contributed by atoms with E-state index in [4.69, 9.17) is 28.3 Å². The van der Waals surface area contributed by atoms with Crippen LogP contribution in [0.3, 0.4) is 0 Å². The summed E-state index contributed by atoms with van der Waals surface area (Å²) in [6, 6.07) is 5.01. The average Bonchev–Trinajstić information content (AvgIpc) is 2.39. The number of aromatic hydroxyl groups is 1. The smallest absolute Gasteiger partial charge is 0.342 e. The summed E-state index contributed by atoms with van der Waals surface area (Å²) in [5, 5.41) is 22.1. The van der Waals surface area contributed by atoms with Crippen LogP contribution >= 0.6 is 23.2 Å². The number of aromatic carboxylic acids is 1. The number of carboxylic acids is 1. The summed E-state index contributed by atoms with van der Waals surface area (Å²) in [7, 11) is 0. The highest BCUT2D eigenvalue weighted by molar-refractivity contribution is 6.33. The van der Waals surface area contributed by atoms with Crippen molar-refractivity contribution in [1.82, 2.24) is 9.97 Å². The number of hydrogen-bond acceptors (Lipinski definition) is 5. The first-order valence-corrected chi connectivity index (χ1v) is 6.20. The van der Waals surface area contributed by atoms with Gasteiger partial charge in [0, 0.05) is 16.6 Å². The van der Waals surface area contributed by atoms with Gasteiger partial charge in [0.1, 0.15) is 5.56 Å². The first kappa shape index (κ1) is 14.4. The third-order valence-corrected chi connectivity index (χ3v) is 3.05. The minimum absolute atomic E-state index is 0.0866.